The van der Waals surface area contributed by atoms with E-state index in [1.54, 1.807) is 6.92 Å². The maximum absolute atomic E-state index is 10.6. The van der Waals surface area contributed by atoms with Crippen molar-refractivity contribution in [1.82, 2.24) is 0 Å². The van der Waals surface area contributed by atoms with Crippen molar-refractivity contribution < 1.29 is 9.53 Å². The molecule has 0 saturated carbocycles. The fourth-order valence-corrected chi connectivity index (χ4v) is 0.489. The van der Waals surface area contributed by atoms with E-state index in [4.69, 9.17) is 11.6 Å². The average Bonchev–Trinajstić information content (AvgIpc) is 1.87. The Labute approximate surface area is 72.3 Å². The van der Waals surface area contributed by atoms with Crippen LogP contribution in [-0.4, -0.2) is 12.6 Å². The number of carbonyl (C=O) groups excluding carboxylic acids is 1. The summed E-state index contributed by atoms with van der Waals surface area (Å²) in [5.41, 5.74) is 1.19. The minimum absolute atomic E-state index is 0.367. The minimum atomic E-state index is -0.367. The first-order valence-electron chi connectivity index (χ1n) is 2.35. The third kappa shape index (κ3) is 3.75. The van der Waals surface area contributed by atoms with Gasteiger partial charge in [-0.15, -0.1) is 0 Å². The van der Waals surface area contributed by atoms with Crippen molar-refractivity contribution in [3.63, 3.8) is 0 Å². The summed E-state index contributed by atoms with van der Waals surface area (Å²) in [5, 5.41) is 0. The first-order chi connectivity index (χ1) is 4.22. The Balaban J connectivity index is 3.74. The minimum Gasteiger partial charge on any atom is -0.462 e. The molecule has 0 radical (unpaired) electrons. The smallest absolute Gasteiger partial charge is 0.345 e. The Hall–Kier alpha value is 0.230. The van der Waals surface area contributed by atoms with Gasteiger partial charge in [-0.05, 0) is 29.5 Å². The molecule has 0 rings (SSSR count). The van der Waals surface area contributed by atoms with Gasteiger partial charge in [0, 0.05) is 5.54 Å². The van der Waals surface area contributed by atoms with Gasteiger partial charge in [0.1, 0.15) is 3.58 Å². The van der Waals surface area contributed by atoms with Crippen LogP contribution in [0.4, 0.5) is 0 Å². The van der Waals surface area contributed by atoms with Crippen LogP contribution in [0, 0.1) is 0 Å². The second-order valence-corrected chi connectivity index (χ2v) is 2.56. The molecule has 0 spiro atoms. The summed E-state index contributed by atoms with van der Waals surface area (Å²) < 4.78 is 4.99. The van der Waals surface area contributed by atoms with Crippen molar-refractivity contribution in [1.29, 1.82) is 0 Å². The van der Waals surface area contributed by atoms with Gasteiger partial charge in [0.2, 0.25) is 0 Å². The van der Waals surface area contributed by atoms with Crippen molar-refractivity contribution in [2.24, 2.45) is 0 Å². The molecule has 4 heteroatoms. The molecule has 0 atom stereocenters. The van der Waals surface area contributed by atoms with Crippen molar-refractivity contribution in [3.05, 3.63) is 9.12 Å². The molecule has 0 N–H and O–H groups in total. The third-order valence-electron chi connectivity index (χ3n) is 0.566. The Bertz CT molecular complexity index is 133. The van der Waals surface area contributed by atoms with E-state index in [-0.39, 0.29) is 5.97 Å². The lowest BCUT2D eigenvalue weighted by Crippen LogP contribution is -2.02. The Morgan fingerprint density at radius 3 is 2.78 bits per heavy atom. The van der Waals surface area contributed by atoms with Crippen molar-refractivity contribution >= 4 is 40.2 Å². The second-order valence-electron chi connectivity index (χ2n) is 1.18. The predicted octanol–water partition coefficient (Wildman–Crippen LogP) is 2.06. The molecular formula is C5H6ClIO2. The maximum atomic E-state index is 10.6. The number of hydrogen-bond donors (Lipinski definition) is 0. The largest absolute Gasteiger partial charge is 0.462 e. The van der Waals surface area contributed by atoms with E-state index in [0.717, 1.165) is 0 Å². The topological polar surface area (TPSA) is 26.3 Å². The van der Waals surface area contributed by atoms with Crippen LogP contribution in [-0.2, 0) is 9.53 Å². The fraction of sp³-hybridized carbons (Fsp3) is 0.400. The lowest BCUT2D eigenvalue weighted by Gasteiger charge is -1.96. The van der Waals surface area contributed by atoms with E-state index >= 15 is 0 Å². The van der Waals surface area contributed by atoms with Gasteiger partial charge in [0.05, 0.1) is 6.61 Å². The second kappa shape index (κ2) is 5.05. The zero-order valence-corrected chi connectivity index (χ0v) is 7.77. The molecule has 0 aliphatic rings. The molecule has 0 bridgehead atoms. The highest BCUT2D eigenvalue weighted by Crippen LogP contribution is 2.08. The average molecular weight is 260 g/mol. The van der Waals surface area contributed by atoms with Crippen molar-refractivity contribution in [2.45, 2.75) is 6.92 Å². The van der Waals surface area contributed by atoms with Gasteiger partial charge in [0.25, 0.3) is 0 Å². The SMILES string of the molecule is CCOC(=O)C(I)=CCl. The van der Waals surface area contributed by atoms with Crippen LogP contribution < -0.4 is 0 Å². The van der Waals surface area contributed by atoms with Gasteiger partial charge in [-0.25, -0.2) is 4.79 Å². The molecule has 0 fully saturated rings. The van der Waals surface area contributed by atoms with Gasteiger partial charge in [-0.1, -0.05) is 11.6 Å². The zero-order chi connectivity index (χ0) is 7.28. The molecule has 0 amide bonds. The predicted molar refractivity (Wildman–Crippen MR) is 44.6 cm³/mol. The van der Waals surface area contributed by atoms with Crippen LogP contribution in [0.5, 0.6) is 0 Å². The monoisotopic (exact) mass is 260 g/mol. The first-order valence-corrected chi connectivity index (χ1v) is 3.87. The standard InChI is InChI=1S/C5H6ClIO2/c1-2-9-5(8)4(7)3-6/h3H,2H2,1H3. The molecule has 52 valence electrons. The third-order valence-corrected chi connectivity index (χ3v) is 1.90. The molecule has 0 heterocycles. The number of ether oxygens (including phenoxy) is 1. The lowest BCUT2D eigenvalue weighted by molar-refractivity contribution is -0.137. The van der Waals surface area contributed by atoms with Crippen LogP contribution in [0.2, 0.25) is 0 Å². The molecule has 0 aromatic carbocycles. The van der Waals surface area contributed by atoms with Gasteiger partial charge < -0.3 is 4.74 Å². The van der Waals surface area contributed by atoms with Crippen molar-refractivity contribution in [2.75, 3.05) is 6.61 Å². The zero-order valence-electron chi connectivity index (χ0n) is 4.86. The van der Waals surface area contributed by atoms with Gasteiger partial charge >= 0.3 is 5.97 Å². The molecule has 2 nitrogen and oxygen atoms in total. The first kappa shape index (κ1) is 9.23. The maximum Gasteiger partial charge on any atom is 0.345 e. The van der Waals surface area contributed by atoms with Crippen LogP contribution >= 0.6 is 34.2 Å². The van der Waals surface area contributed by atoms with E-state index in [2.05, 4.69) is 4.74 Å². The Morgan fingerprint density at radius 2 is 2.44 bits per heavy atom. The van der Waals surface area contributed by atoms with Crippen LogP contribution in [0.3, 0.4) is 0 Å². The molecule has 0 unspecified atom stereocenters. The number of rotatable bonds is 2. The highest BCUT2D eigenvalue weighted by atomic mass is 127. The quantitative estimate of drug-likeness (QED) is 0.432. The molecule has 0 aromatic heterocycles. The molecule has 0 aliphatic carbocycles. The number of hydrogen-bond acceptors (Lipinski definition) is 2. The van der Waals surface area contributed by atoms with E-state index in [9.17, 15) is 4.79 Å². The molecule has 0 aromatic rings. The van der Waals surface area contributed by atoms with Crippen LogP contribution in [0.15, 0.2) is 9.12 Å². The Kier molecular flexibility index (Phi) is 5.18. The summed E-state index contributed by atoms with van der Waals surface area (Å²) in [5.74, 6) is -0.367. The molecule has 9 heavy (non-hydrogen) atoms. The van der Waals surface area contributed by atoms with Crippen LogP contribution in [0.1, 0.15) is 6.92 Å². The highest BCUT2D eigenvalue weighted by molar-refractivity contribution is 14.1. The molecule has 0 aliphatic heterocycles. The Morgan fingerprint density at radius 1 is 1.89 bits per heavy atom. The number of esters is 1. The van der Waals surface area contributed by atoms with E-state index < -0.39 is 0 Å². The normalized spacial score (nSPS) is 11.2. The van der Waals surface area contributed by atoms with E-state index in [1.807, 2.05) is 22.6 Å². The number of carbonyl (C=O) groups is 1. The highest BCUT2D eigenvalue weighted by Gasteiger charge is 2.03. The number of halogens is 2. The summed E-state index contributed by atoms with van der Waals surface area (Å²) in [6.45, 7) is 2.13. The molecular weight excluding hydrogens is 254 g/mol. The fourth-order valence-electron chi connectivity index (χ4n) is 0.245. The van der Waals surface area contributed by atoms with Crippen molar-refractivity contribution in [3.8, 4) is 0 Å². The van der Waals surface area contributed by atoms with Gasteiger partial charge in [0.15, 0.2) is 0 Å². The van der Waals surface area contributed by atoms with Gasteiger partial charge in [-0.2, -0.15) is 0 Å². The lowest BCUT2D eigenvalue weighted by atomic mass is 10.6. The summed E-state index contributed by atoms with van der Waals surface area (Å²) in [6.07, 6.45) is 0. The summed E-state index contributed by atoms with van der Waals surface area (Å²) >= 11 is 7.02. The summed E-state index contributed by atoms with van der Waals surface area (Å²) in [4.78, 5) is 10.6. The van der Waals surface area contributed by atoms with Crippen LogP contribution in [0.25, 0.3) is 0 Å². The van der Waals surface area contributed by atoms with Gasteiger partial charge in [-0.3, -0.25) is 0 Å². The molecule has 0 saturated heterocycles. The summed E-state index contributed by atoms with van der Waals surface area (Å²) in [7, 11) is 0. The van der Waals surface area contributed by atoms with E-state index in [0.29, 0.717) is 10.2 Å². The summed E-state index contributed by atoms with van der Waals surface area (Å²) in [6, 6.07) is 0. The van der Waals surface area contributed by atoms with E-state index in [1.165, 1.54) is 5.54 Å².